The zero-order valence-corrected chi connectivity index (χ0v) is 7.98. The summed E-state index contributed by atoms with van der Waals surface area (Å²) in [7, 11) is 0. The molecule has 0 radical (unpaired) electrons. The second kappa shape index (κ2) is 3.67. The van der Waals surface area contributed by atoms with E-state index < -0.39 is 5.82 Å². The zero-order chi connectivity index (χ0) is 9.14. The fraction of sp³-hybridized carbons (Fsp3) is 0.125. The normalized spacial score (nSPS) is 9.58. The van der Waals surface area contributed by atoms with Gasteiger partial charge in [0.2, 0.25) is 5.91 Å². The summed E-state index contributed by atoms with van der Waals surface area (Å²) in [4.78, 5) is 10.6. The minimum atomic E-state index is -0.445. The third-order valence-electron chi connectivity index (χ3n) is 1.26. The Kier molecular flexibility index (Phi) is 2.81. The van der Waals surface area contributed by atoms with Crippen molar-refractivity contribution < 1.29 is 9.18 Å². The first-order chi connectivity index (χ1) is 5.61. The van der Waals surface area contributed by atoms with Crippen LogP contribution in [0.1, 0.15) is 6.92 Å². The van der Waals surface area contributed by atoms with E-state index in [1.165, 1.54) is 13.0 Å². The van der Waals surface area contributed by atoms with E-state index in [4.69, 9.17) is 0 Å². The van der Waals surface area contributed by atoms with Gasteiger partial charge in [0, 0.05) is 11.4 Å². The minimum Gasteiger partial charge on any atom is -0.323 e. The van der Waals surface area contributed by atoms with Gasteiger partial charge in [-0.05, 0) is 28.1 Å². The number of hydrogen-bond donors (Lipinski definition) is 1. The molecule has 1 N–H and O–H groups in total. The van der Waals surface area contributed by atoms with Crippen molar-refractivity contribution in [2.24, 2.45) is 0 Å². The molecule has 0 aromatic heterocycles. The Morgan fingerprint density at radius 1 is 1.58 bits per heavy atom. The monoisotopic (exact) mass is 231 g/mol. The first kappa shape index (κ1) is 9.19. The van der Waals surface area contributed by atoms with E-state index in [1.807, 2.05) is 0 Å². The number of para-hydroxylation sites is 1. The predicted molar refractivity (Wildman–Crippen MR) is 48.4 cm³/mol. The lowest BCUT2D eigenvalue weighted by Gasteiger charge is -2.04. The molecule has 0 saturated heterocycles. The standard InChI is InChI=1S/C8H7BrFNO/c1-5(12)11-8-6(9)3-2-4-7(8)10/h2-4H,1H3,(H,11,12). The maximum Gasteiger partial charge on any atom is 0.221 e. The lowest BCUT2D eigenvalue weighted by molar-refractivity contribution is -0.114. The van der Waals surface area contributed by atoms with Crippen molar-refractivity contribution in [3.63, 3.8) is 0 Å². The molecule has 2 nitrogen and oxygen atoms in total. The van der Waals surface area contributed by atoms with E-state index in [0.717, 1.165) is 0 Å². The van der Waals surface area contributed by atoms with Crippen LogP contribution in [0.4, 0.5) is 10.1 Å². The van der Waals surface area contributed by atoms with E-state index in [9.17, 15) is 9.18 Å². The highest BCUT2D eigenvalue weighted by atomic mass is 79.9. The third kappa shape index (κ3) is 2.04. The van der Waals surface area contributed by atoms with Gasteiger partial charge in [0.05, 0.1) is 5.69 Å². The molecule has 64 valence electrons. The van der Waals surface area contributed by atoms with Gasteiger partial charge >= 0.3 is 0 Å². The highest BCUT2D eigenvalue weighted by molar-refractivity contribution is 9.10. The lowest BCUT2D eigenvalue weighted by atomic mass is 10.3. The first-order valence-corrected chi connectivity index (χ1v) is 4.12. The number of hydrogen-bond acceptors (Lipinski definition) is 1. The topological polar surface area (TPSA) is 29.1 Å². The van der Waals surface area contributed by atoms with E-state index >= 15 is 0 Å². The van der Waals surface area contributed by atoms with Crippen LogP contribution in [0.2, 0.25) is 0 Å². The summed E-state index contributed by atoms with van der Waals surface area (Å²) in [6.07, 6.45) is 0. The second-order valence-corrected chi connectivity index (χ2v) is 3.13. The number of nitrogens with one attached hydrogen (secondary N) is 1. The number of rotatable bonds is 1. The average Bonchev–Trinajstić information content (AvgIpc) is 1.97. The van der Waals surface area contributed by atoms with Crippen LogP contribution in [0.3, 0.4) is 0 Å². The van der Waals surface area contributed by atoms with Crippen molar-refractivity contribution >= 4 is 27.5 Å². The largest absolute Gasteiger partial charge is 0.323 e. The quantitative estimate of drug-likeness (QED) is 0.791. The van der Waals surface area contributed by atoms with Crippen molar-refractivity contribution in [2.45, 2.75) is 6.92 Å². The van der Waals surface area contributed by atoms with Crippen molar-refractivity contribution in [3.8, 4) is 0 Å². The summed E-state index contributed by atoms with van der Waals surface area (Å²) in [5.41, 5.74) is 0.185. The Morgan fingerprint density at radius 2 is 2.25 bits per heavy atom. The maximum absolute atomic E-state index is 13.0. The van der Waals surface area contributed by atoms with Gasteiger partial charge in [-0.1, -0.05) is 6.07 Å². The molecule has 0 spiro atoms. The zero-order valence-electron chi connectivity index (χ0n) is 6.40. The van der Waals surface area contributed by atoms with Crippen molar-refractivity contribution in [1.82, 2.24) is 0 Å². The van der Waals surface area contributed by atoms with Gasteiger partial charge in [0.25, 0.3) is 0 Å². The minimum absolute atomic E-state index is 0.185. The van der Waals surface area contributed by atoms with Crippen LogP contribution in [0.15, 0.2) is 22.7 Å². The van der Waals surface area contributed by atoms with Crippen molar-refractivity contribution in [2.75, 3.05) is 5.32 Å². The number of amides is 1. The summed E-state index contributed by atoms with van der Waals surface area (Å²) in [5.74, 6) is -0.736. The fourth-order valence-corrected chi connectivity index (χ4v) is 1.23. The molecule has 0 bridgehead atoms. The summed E-state index contributed by atoms with van der Waals surface area (Å²) >= 11 is 3.12. The smallest absolute Gasteiger partial charge is 0.221 e. The predicted octanol–water partition coefficient (Wildman–Crippen LogP) is 2.55. The molecule has 0 fully saturated rings. The molecule has 1 aromatic rings. The molecule has 4 heteroatoms. The van der Waals surface area contributed by atoms with Gasteiger partial charge in [-0.25, -0.2) is 4.39 Å². The lowest BCUT2D eigenvalue weighted by Crippen LogP contribution is -2.07. The molecule has 12 heavy (non-hydrogen) atoms. The molecule has 0 aliphatic carbocycles. The number of benzene rings is 1. The maximum atomic E-state index is 13.0. The van der Waals surface area contributed by atoms with Crippen LogP contribution in [-0.2, 0) is 4.79 Å². The van der Waals surface area contributed by atoms with Crippen LogP contribution in [-0.4, -0.2) is 5.91 Å². The molecule has 0 unspecified atom stereocenters. The molecule has 0 aliphatic heterocycles. The van der Waals surface area contributed by atoms with Crippen LogP contribution < -0.4 is 5.32 Å². The highest BCUT2D eigenvalue weighted by Gasteiger charge is 2.06. The Balaban J connectivity index is 3.04. The SMILES string of the molecule is CC(=O)Nc1c(F)cccc1Br. The summed E-state index contributed by atoms with van der Waals surface area (Å²) < 4.78 is 13.5. The van der Waals surface area contributed by atoms with E-state index in [1.54, 1.807) is 12.1 Å². The number of carbonyl (C=O) groups excluding carboxylic acids is 1. The molecular weight excluding hydrogens is 225 g/mol. The van der Waals surface area contributed by atoms with Gasteiger partial charge in [-0.2, -0.15) is 0 Å². The molecule has 1 amide bonds. The number of carbonyl (C=O) groups is 1. The number of anilines is 1. The third-order valence-corrected chi connectivity index (χ3v) is 1.92. The Labute approximate surface area is 77.9 Å². The van der Waals surface area contributed by atoms with Gasteiger partial charge in [-0.15, -0.1) is 0 Å². The Hall–Kier alpha value is -0.900. The van der Waals surface area contributed by atoms with Crippen LogP contribution in [0, 0.1) is 5.82 Å². The Bertz CT molecular complexity index is 294. The molecule has 0 saturated carbocycles. The van der Waals surface area contributed by atoms with E-state index in [0.29, 0.717) is 4.47 Å². The van der Waals surface area contributed by atoms with Crippen molar-refractivity contribution in [3.05, 3.63) is 28.5 Å². The van der Waals surface area contributed by atoms with E-state index in [2.05, 4.69) is 21.2 Å². The van der Waals surface area contributed by atoms with Crippen molar-refractivity contribution in [1.29, 1.82) is 0 Å². The van der Waals surface area contributed by atoms with Gasteiger partial charge in [0.1, 0.15) is 5.82 Å². The van der Waals surface area contributed by atoms with Gasteiger partial charge in [-0.3, -0.25) is 4.79 Å². The molecule has 1 rings (SSSR count). The highest BCUT2D eigenvalue weighted by Crippen LogP contribution is 2.24. The average molecular weight is 232 g/mol. The first-order valence-electron chi connectivity index (χ1n) is 3.33. The summed E-state index contributed by atoms with van der Waals surface area (Å²) in [6, 6.07) is 4.51. The van der Waals surface area contributed by atoms with Crippen LogP contribution in [0.5, 0.6) is 0 Å². The van der Waals surface area contributed by atoms with Gasteiger partial charge < -0.3 is 5.32 Å². The van der Waals surface area contributed by atoms with Crippen LogP contribution >= 0.6 is 15.9 Å². The molecule has 0 atom stereocenters. The summed E-state index contributed by atoms with van der Waals surface area (Å²) in [5, 5.41) is 2.38. The van der Waals surface area contributed by atoms with Crippen LogP contribution in [0.25, 0.3) is 0 Å². The molecule has 0 heterocycles. The second-order valence-electron chi connectivity index (χ2n) is 2.28. The molecule has 1 aromatic carbocycles. The molecule has 0 aliphatic rings. The van der Waals surface area contributed by atoms with Gasteiger partial charge in [0.15, 0.2) is 0 Å². The fourth-order valence-electron chi connectivity index (χ4n) is 0.793. The summed E-state index contributed by atoms with van der Waals surface area (Å²) in [6.45, 7) is 1.33. The van der Waals surface area contributed by atoms with E-state index in [-0.39, 0.29) is 11.6 Å². The Morgan fingerprint density at radius 3 is 2.75 bits per heavy atom. The number of halogens is 2. The molecular formula is C8H7BrFNO.